The van der Waals surface area contributed by atoms with E-state index in [0.29, 0.717) is 38.1 Å². The van der Waals surface area contributed by atoms with Crippen LogP contribution in [0.25, 0.3) is 0 Å². The molecule has 0 spiro atoms. The van der Waals surface area contributed by atoms with Crippen molar-refractivity contribution in [3.63, 3.8) is 0 Å². The highest BCUT2D eigenvalue weighted by Gasteiger charge is 2.32. The highest BCUT2D eigenvalue weighted by molar-refractivity contribution is 5.82. The van der Waals surface area contributed by atoms with Crippen molar-refractivity contribution in [2.45, 2.75) is 59.4 Å². The summed E-state index contributed by atoms with van der Waals surface area (Å²) in [6.07, 6.45) is 4.79. The summed E-state index contributed by atoms with van der Waals surface area (Å²) in [4.78, 5) is 28.4. The van der Waals surface area contributed by atoms with Crippen molar-refractivity contribution in [3.8, 4) is 0 Å². The Bertz CT molecular complexity index is 409. The van der Waals surface area contributed by atoms with Crippen LogP contribution in [0.2, 0.25) is 0 Å². The van der Waals surface area contributed by atoms with Gasteiger partial charge in [-0.2, -0.15) is 0 Å². The van der Waals surface area contributed by atoms with E-state index in [1.165, 1.54) is 19.3 Å². The average molecular weight is 309 g/mol. The largest absolute Gasteiger partial charge is 0.339 e. The van der Waals surface area contributed by atoms with Gasteiger partial charge in [-0.1, -0.05) is 40.5 Å². The molecule has 1 saturated heterocycles. The smallest absolute Gasteiger partial charge is 0.317 e. The molecule has 5 nitrogen and oxygen atoms in total. The predicted molar refractivity (Wildman–Crippen MR) is 87.6 cm³/mol. The fourth-order valence-electron chi connectivity index (χ4n) is 3.37. The van der Waals surface area contributed by atoms with Gasteiger partial charge < -0.3 is 15.1 Å². The van der Waals surface area contributed by atoms with Crippen LogP contribution in [0.15, 0.2) is 0 Å². The van der Waals surface area contributed by atoms with Crippen LogP contribution in [0.3, 0.4) is 0 Å². The van der Waals surface area contributed by atoms with Crippen LogP contribution in [0.1, 0.15) is 53.4 Å². The molecule has 1 N–H and O–H groups in total. The van der Waals surface area contributed by atoms with E-state index in [-0.39, 0.29) is 17.4 Å². The Morgan fingerprint density at radius 2 is 1.50 bits per heavy atom. The molecular weight excluding hydrogens is 278 g/mol. The van der Waals surface area contributed by atoms with Crippen LogP contribution in [0.5, 0.6) is 0 Å². The van der Waals surface area contributed by atoms with E-state index < -0.39 is 0 Å². The number of piperazine rings is 1. The molecule has 22 heavy (non-hydrogen) atoms. The lowest BCUT2D eigenvalue weighted by atomic mass is 9.86. The third-order valence-electron chi connectivity index (χ3n) is 4.92. The number of carbonyl (C=O) groups is 2. The van der Waals surface area contributed by atoms with E-state index >= 15 is 0 Å². The van der Waals surface area contributed by atoms with Gasteiger partial charge in [-0.25, -0.2) is 4.79 Å². The first kappa shape index (κ1) is 17.1. The number of hydrogen-bond acceptors (Lipinski definition) is 2. The van der Waals surface area contributed by atoms with E-state index in [1.807, 2.05) is 30.6 Å². The van der Waals surface area contributed by atoms with E-state index in [2.05, 4.69) is 12.2 Å². The standard InChI is InChI=1S/C17H31N3O2/c1-13-7-5-6-8-14(13)18-16(22)20-11-9-19(10-12-20)15(21)17(2,3)4/h13-14H,5-12H2,1-4H3,(H,18,22)/t13-,14+/m0/s1. The van der Waals surface area contributed by atoms with E-state index in [9.17, 15) is 9.59 Å². The highest BCUT2D eigenvalue weighted by atomic mass is 16.2. The number of hydrogen-bond donors (Lipinski definition) is 1. The summed E-state index contributed by atoms with van der Waals surface area (Å²) >= 11 is 0. The molecule has 0 bridgehead atoms. The third-order valence-corrected chi connectivity index (χ3v) is 4.92. The van der Waals surface area contributed by atoms with Crippen molar-refractivity contribution in [2.75, 3.05) is 26.2 Å². The molecule has 1 heterocycles. The number of nitrogens with zero attached hydrogens (tertiary/aromatic N) is 2. The van der Waals surface area contributed by atoms with Crippen LogP contribution >= 0.6 is 0 Å². The fourth-order valence-corrected chi connectivity index (χ4v) is 3.37. The van der Waals surface area contributed by atoms with Gasteiger partial charge in [-0.3, -0.25) is 4.79 Å². The van der Waals surface area contributed by atoms with Gasteiger partial charge in [0.25, 0.3) is 0 Å². The number of carbonyl (C=O) groups excluding carboxylic acids is 2. The summed E-state index contributed by atoms with van der Waals surface area (Å²) in [6.45, 7) is 10.6. The molecule has 1 aliphatic heterocycles. The zero-order chi connectivity index (χ0) is 16.3. The number of amides is 3. The third kappa shape index (κ3) is 4.14. The Morgan fingerprint density at radius 3 is 2.05 bits per heavy atom. The number of rotatable bonds is 1. The Labute approximate surface area is 134 Å². The van der Waals surface area contributed by atoms with Gasteiger partial charge in [0.15, 0.2) is 0 Å². The Morgan fingerprint density at radius 1 is 0.955 bits per heavy atom. The predicted octanol–water partition coefficient (Wildman–Crippen LogP) is 2.47. The van der Waals surface area contributed by atoms with Gasteiger partial charge in [-0.15, -0.1) is 0 Å². The molecule has 1 aliphatic carbocycles. The van der Waals surface area contributed by atoms with Crippen LogP contribution in [0.4, 0.5) is 4.79 Å². The monoisotopic (exact) mass is 309 g/mol. The lowest BCUT2D eigenvalue weighted by molar-refractivity contribution is -0.140. The summed E-state index contributed by atoms with van der Waals surface area (Å²) in [5.41, 5.74) is -0.345. The maximum atomic E-state index is 12.4. The summed E-state index contributed by atoms with van der Waals surface area (Å²) in [7, 11) is 0. The lowest BCUT2D eigenvalue weighted by Crippen LogP contribution is -2.56. The van der Waals surface area contributed by atoms with Gasteiger partial charge >= 0.3 is 6.03 Å². The molecule has 0 aromatic carbocycles. The highest BCUT2D eigenvalue weighted by Crippen LogP contribution is 2.24. The van der Waals surface area contributed by atoms with E-state index in [4.69, 9.17) is 0 Å². The van der Waals surface area contributed by atoms with E-state index in [0.717, 1.165) is 6.42 Å². The maximum Gasteiger partial charge on any atom is 0.317 e. The van der Waals surface area contributed by atoms with Gasteiger partial charge in [0.2, 0.25) is 5.91 Å². The Hall–Kier alpha value is -1.26. The van der Waals surface area contributed by atoms with Crippen molar-refractivity contribution < 1.29 is 9.59 Å². The van der Waals surface area contributed by atoms with Crippen molar-refractivity contribution in [3.05, 3.63) is 0 Å². The molecule has 0 unspecified atom stereocenters. The molecule has 2 rings (SSSR count). The Kier molecular flexibility index (Phi) is 5.35. The van der Waals surface area contributed by atoms with Crippen LogP contribution in [-0.4, -0.2) is 54.0 Å². The van der Waals surface area contributed by atoms with Crippen molar-refractivity contribution in [1.29, 1.82) is 0 Å². The second kappa shape index (κ2) is 6.88. The summed E-state index contributed by atoms with van der Waals surface area (Å²) < 4.78 is 0. The van der Waals surface area contributed by atoms with Crippen molar-refractivity contribution >= 4 is 11.9 Å². The van der Waals surface area contributed by atoms with Crippen molar-refractivity contribution in [2.24, 2.45) is 11.3 Å². The first-order valence-electron chi connectivity index (χ1n) is 8.64. The average Bonchev–Trinajstić information content (AvgIpc) is 2.48. The molecule has 5 heteroatoms. The minimum atomic E-state index is -0.345. The second-order valence-corrected chi connectivity index (χ2v) is 7.85. The molecule has 2 aliphatic rings. The molecule has 2 atom stereocenters. The van der Waals surface area contributed by atoms with Crippen LogP contribution in [0, 0.1) is 11.3 Å². The minimum absolute atomic E-state index is 0.0432. The topological polar surface area (TPSA) is 52.7 Å². The number of urea groups is 1. The Balaban J connectivity index is 1.81. The zero-order valence-corrected chi connectivity index (χ0v) is 14.5. The molecule has 3 amide bonds. The minimum Gasteiger partial charge on any atom is -0.339 e. The molecule has 2 fully saturated rings. The zero-order valence-electron chi connectivity index (χ0n) is 14.5. The van der Waals surface area contributed by atoms with Crippen LogP contribution < -0.4 is 5.32 Å². The quantitative estimate of drug-likeness (QED) is 0.809. The first-order chi connectivity index (χ1) is 10.3. The van der Waals surface area contributed by atoms with Gasteiger partial charge in [0, 0.05) is 37.6 Å². The maximum absolute atomic E-state index is 12.4. The fraction of sp³-hybridized carbons (Fsp3) is 0.882. The van der Waals surface area contributed by atoms with Crippen LogP contribution in [-0.2, 0) is 4.79 Å². The molecule has 0 radical (unpaired) electrons. The molecule has 0 aromatic heterocycles. The molecule has 126 valence electrons. The molecular formula is C17H31N3O2. The first-order valence-corrected chi connectivity index (χ1v) is 8.64. The summed E-state index contributed by atoms with van der Waals surface area (Å²) in [5.74, 6) is 0.745. The summed E-state index contributed by atoms with van der Waals surface area (Å²) in [5, 5.41) is 3.20. The number of nitrogens with one attached hydrogen (secondary N) is 1. The van der Waals surface area contributed by atoms with Gasteiger partial charge in [0.05, 0.1) is 0 Å². The summed E-state index contributed by atoms with van der Waals surface area (Å²) in [6, 6.07) is 0.358. The SMILES string of the molecule is C[C@H]1CCCC[C@H]1NC(=O)N1CCN(C(=O)C(C)(C)C)CC1. The molecule has 0 aromatic rings. The van der Waals surface area contributed by atoms with Gasteiger partial charge in [0.1, 0.15) is 0 Å². The van der Waals surface area contributed by atoms with Crippen molar-refractivity contribution in [1.82, 2.24) is 15.1 Å². The second-order valence-electron chi connectivity index (χ2n) is 7.85. The molecule has 1 saturated carbocycles. The van der Waals surface area contributed by atoms with Gasteiger partial charge in [-0.05, 0) is 18.8 Å². The normalized spacial score (nSPS) is 26.7. The van der Waals surface area contributed by atoms with E-state index in [1.54, 1.807) is 0 Å². The lowest BCUT2D eigenvalue weighted by Gasteiger charge is -2.39.